The minimum Gasteiger partial charge on any atom is -0.369 e. The normalized spacial score (nSPS) is 14.9. The Hall–Kier alpha value is -3.93. The third kappa shape index (κ3) is 3.67. The Labute approximate surface area is 171 Å². The second kappa shape index (κ2) is 7.48. The van der Waals surface area contributed by atoms with Gasteiger partial charge in [0.1, 0.15) is 5.57 Å². The quantitative estimate of drug-likeness (QED) is 0.296. The van der Waals surface area contributed by atoms with Gasteiger partial charge in [0.15, 0.2) is 0 Å². The number of carbonyl (C=O) groups is 3. The highest BCUT2D eigenvalue weighted by Crippen LogP contribution is 2.22. The standard InChI is InChI=1S/C18H18N6O5S/c1-22-15(25)14(16(26)23(2)18(22)27)10-12-4-3-9-24(12)11-5-7-13(8-6-11)30(28,29)21-17(19)20/h3-10H,1-2H3,(H4,19,20,21). The fraction of sp³-hybridized carbons (Fsp3) is 0.111. The van der Waals surface area contributed by atoms with E-state index in [1.807, 2.05) is 0 Å². The molecule has 11 nitrogen and oxygen atoms in total. The van der Waals surface area contributed by atoms with Crippen LogP contribution in [0.15, 0.2) is 57.5 Å². The zero-order valence-corrected chi connectivity index (χ0v) is 16.8. The molecular formula is C18H18N6O5S. The highest BCUT2D eigenvalue weighted by molar-refractivity contribution is 7.90. The molecule has 2 aromatic rings. The first-order valence-electron chi connectivity index (χ1n) is 8.48. The van der Waals surface area contributed by atoms with Crippen LogP contribution in [0.25, 0.3) is 11.8 Å². The molecule has 1 aromatic carbocycles. The summed E-state index contributed by atoms with van der Waals surface area (Å²) in [5.41, 5.74) is 11.1. The lowest BCUT2D eigenvalue weighted by Crippen LogP contribution is -2.52. The maximum absolute atomic E-state index is 12.4. The van der Waals surface area contributed by atoms with Gasteiger partial charge in [-0.1, -0.05) is 0 Å². The number of carbonyl (C=O) groups excluding carboxylic acids is 3. The van der Waals surface area contributed by atoms with Crippen molar-refractivity contribution >= 4 is 39.9 Å². The van der Waals surface area contributed by atoms with Crippen LogP contribution < -0.4 is 11.5 Å². The molecule has 156 valence electrons. The summed E-state index contributed by atoms with van der Waals surface area (Å²) in [6.45, 7) is 0. The number of nitrogens with zero attached hydrogens (tertiary/aromatic N) is 4. The van der Waals surface area contributed by atoms with Crippen LogP contribution in [0.1, 0.15) is 5.69 Å². The highest BCUT2D eigenvalue weighted by atomic mass is 32.2. The number of guanidine groups is 1. The van der Waals surface area contributed by atoms with Crippen molar-refractivity contribution in [3.63, 3.8) is 0 Å². The lowest BCUT2D eigenvalue weighted by atomic mass is 10.1. The zero-order valence-electron chi connectivity index (χ0n) is 16.0. The van der Waals surface area contributed by atoms with E-state index in [1.54, 1.807) is 22.9 Å². The summed E-state index contributed by atoms with van der Waals surface area (Å²) in [6.07, 6.45) is 3.04. The van der Waals surface area contributed by atoms with E-state index in [2.05, 4.69) is 4.40 Å². The molecule has 3 rings (SSSR count). The van der Waals surface area contributed by atoms with Gasteiger partial charge in [0.25, 0.3) is 21.8 Å². The molecule has 1 aromatic heterocycles. The Kier molecular flexibility index (Phi) is 5.18. The minimum absolute atomic E-state index is 0.105. The van der Waals surface area contributed by atoms with Gasteiger partial charge in [-0.2, -0.15) is 8.42 Å². The number of urea groups is 1. The van der Waals surface area contributed by atoms with Crippen LogP contribution in [0.3, 0.4) is 0 Å². The number of barbiturate groups is 1. The van der Waals surface area contributed by atoms with Crippen molar-refractivity contribution < 1.29 is 22.8 Å². The number of sulfonamides is 1. The van der Waals surface area contributed by atoms with Gasteiger partial charge in [-0.25, -0.2) is 4.79 Å². The number of rotatable bonds is 4. The molecular weight excluding hydrogens is 412 g/mol. The van der Waals surface area contributed by atoms with E-state index in [1.165, 1.54) is 44.4 Å². The third-order valence-electron chi connectivity index (χ3n) is 4.35. The Morgan fingerprint density at radius 2 is 1.53 bits per heavy atom. The van der Waals surface area contributed by atoms with Crippen LogP contribution in [-0.2, 0) is 19.6 Å². The Morgan fingerprint density at radius 1 is 0.967 bits per heavy atom. The molecule has 0 unspecified atom stereocenters. The predicted molar refractivity (Wildman–Crippen MR) is 108 cm³/mol. The lowest BCUT2D eigenvalue weighted by Gasteiger charge is -2.28. The van der Waals surface area contributed by atoms with E-state index in [0.29, 0.717) is 11.4 Å². The van der Waals surface area contributed by atoms with E-state index in [0.717, 1.165) is 9.80 Å². The van der Waals surface area contributed by atoms with E-state index >= 15 is 0 Å². The summed E-state index contributed by atoms with van der Waals surface area (Å²) in [5, 5.41) is 0. The lowest BCUT2D eigenvalue weighted by molar-refractivity contribution is -0.134. The highest BCUT2D eigenvalue weighted by Gasteiger charge is 2.37. The molecule has 2 heterocycles. The molecule has 1 aliphatic rings. The molecule has 0 bridgehead atoms. The van der Waals surface area contributed by atoms with Gasteiger partial charge in [-0.05, 0) is 42.5 Å². The Bertz CT molecular complexity index is 1180. The SMILES string of the molecule is CN1C(=O)C(=Cc2cccn2-c2ccc(S(=O)(=O)N=C(N)N)cc2)C(=O)N(C)C1=O. The van der Waals surface area contributed by atoms with Crippen molar-refractivity contribution in [3.8, 4) is 5.69 Å². The van der Waals surface area contributed by atoms with Gasteiger partial charge in [-0.15, -0.1) is 4.40 Å². The average molecular weight is 430 g/mol. The molecule has 0 spiro atoms. The molecule has 0 radical (unpaired) electrons. The number of benzene rings is 1. The summed E-state index contributed by atoms with van der Waals surface area (Å²) in [6, 6.07) is 8.32. The van der Waals surface area contributed by atoms with Gasteiger partial charge in [-0.3, -0.25) is 19.4 Å². The zero-order chi connectivity index (χ0) is 22.2. The molecule has 4 N–H and O–H groups in total. The molecule has 0 aliphatic carbocycles. The molecule has 12 heteroatoms. The maximum Gasteiger partial charge on any atom is 0.333 e. The van der Waals surface area contributed by atoms with Crippen LogP contribution in [0.4, 0.5) is 4.79 Å². The summed E-state index contributed by atoms with van der Waals surface area (Å²) in [5.74, 6) is -2.00. The van der Waals surface area contributed by atoms with Crippen LogP contribution >= 0.6 is 0 Å². The van der Waals surface area contributed by atoms with Crippen molar-refractivity contribution in [2.75, 3.05) is 14.1 Å². The average Bonchev–Trinajstić information content (AvgIpc) is 3.15. The van der Waals surface area contributed by atoms with Gasteiger partial charge in [0, 0.05) is 31.7 Å². The molecule has 4 amide bonds. The molecule has 1 fully saturated rings. The molecule has 30 heavy (non-hydrogen) atoms. The van der Waals surface area contributed by atoms with Crippen LogP contribution in [-0.4, -0.2) is 60.7 Å². The molecule has 0 atom stereocenters. The monoisotopic (exact) mass is 430 g/mol. The van der Waals surface area contributed by atoms with Gasteiger partial charge >= 0.3 is 6.03 Å². The fourth-order valence-corrected chi connectivity index (χ4v) is 3.70. The summed E-state index contributed by atoms with van der Waals surface area (Å²) in [7, 11) is -1.45. The Balaban J connectivity index is 1.99. The van der Waals surface area contributed by atoms with E-state index in [-0.39, 0.29) is 10.5 Å². The van der Waals surface area contributed by atoms with Crippen LogP contribution in [0, 0.1) is 0 Å². The second-order valence-electron chi connectivity index (χ2n) is 6.36. The van der Waals surface area contributed by atoms with Gasteiger partial charge in [0.2, 0.25) is 5.96 Å². The number of nitrogens with two attached hydrogens (primary N) is 2. The van der Waals surface area contributed by atoms with Crippen molar-refractivity contribution in [1.82, 2.24) is 14.4 Å². The van der Waals surface area contributed by atoms with Gasteiger partial charge in [0.05, 0.1) is 4.90 Å². The maximum atomic E-state index is 12.4. The van der Waals surface area contributed by atoms with E-state index in [9.17, 15) is 22.8 Å². The Morgan fingerprint density at radius 3 is 2.07 bits per heavy atom. The third-order valence-corrected chi connectivity index (χ3v) is 5.67. The fourth-order valence-electron chi connectivity index (χ4n) is 2.84. The number of hydrogen-bond donors (Lipinski definition) is 2. The van der Waals surface area contributed by atoms with Crippen molar-refractivity contribution in [1.29, 1.82) is 0 Å². The van der Waals surface area contributed by atoms with Gasteiger partial charge < -0.3 is 16.0 Å². The van der Waals surface area contributed by atoms with Crippen molar-refractivity contribution in [3.05, 3.63) is 53.9 Å². The number of likely N-dealkylation sites (N-methyl/N-ethyl adjacent to an activating group) is 2. The van der Waals surface area contributed by atoms with Crippen molar-refractivity contribution in [2.45, 2.75) is 4.90 Å². The predicted octanol–water partition coefficient (Wildman–Crippen LogP) is -0.127. The van der Waals surface area contributed by atoms with E-state index < -0.39 is 33.8 Å². The molecule has 0 saturated carbocycles. The summed E-state index contributed by atoms with van der Waals surface area (Å²) in [4.78, 5) is 38.2. The van der Waals surface area contributed by atoms with Crippen molar-refractivity contribution in [2.24, 2.45) is 15.9 Å². The summed E-state index contributed by atoms with van der Waals surface area (Å²) >= 11 is 0. The number of amides is 4. The first kappa shape index (κ1) is 20.8. The smallest absolute Gasteiger partial charge is 0.333 e. The largest absolute Gasteiger partial charge is 0.369 e. The first-order valence-corrected chi connectivity index (χ1v) is 9.92. The number of imide groups is 2. The molecule has 1 saturated heterocycles. The van der Waals surface area contributed by atoms with E-state index in [4.69, 9.17) is 11.5 Å². The van der Waals surface area contributed by atoms with Crippen LogP contribution in [0.5, 0.6) is 0 Å². The first-order chi connectivity index (χ1) is 14.0. The topological polar surface area (TPSA) is 161 Å². The number of hydrogen-bond acceptors (Lipinski definition) is 5. The number of aromatic nitrogens is 1. The molecule has 1 aliphatic heterocycles. The second-order valence-corrected chi connectivity index (χ2v) is 7.96. The van der Waals surface area contributed by atoms with Crippen LogP contribution in [0.2, 0.25) is 0 Å². The summed E-state index contributed by atoms with van der Waals surface area (Å²) < 4.78 is 29.0. The minimum atomic E-state index is -4.03.